The van der Waals surface area contributed by atoms with E-state index in [-0.39, 0.29) is 0 Å². The number of aliphatic hydroxyl groups excluding tert-OH is 1. The third-order valence-electron chi connectivity index (χ3n) is 3.34. The molecule has 0 radical (unpaired) electrons. The van der Waals surface area contributed by atoms with Crippen molar-refractivity contribution in [3.05, 3.63) is 42.0 Å². The highest BCUT2D eigenvalue weighted by atomic mass is 16.7. The zero-order chi connectivity index (χ0) is 14.5. The van der Waals surface area contributed by atoms with Crippen molar-refractivity contribution in [2.75, 3.05) is 21.3 Å². The van der Waals surface area contributed by atoms with E-state index in [9.17, 15) is 5.11 Å². The van der Waals surface area contributed by atoms with Crippen molar-refractivity contribution < 1.29 is 19.3 Å². The van der Waals surface area contributed by atoms with Crippen LogP contribution in [-0.4, -0.2) is 38.8 Å². The molecule has 0 aromatic heterocycles. The normalized spacial score (nSPS) is 12.8. The van der Waals surface area contributed by atoms with Gasteiger partial charge in [0.05, 0.1) is 7.11 Å². The molecule has 0 aliphatic rings. The van der Waals surface area contributed by atoms with E-state index in [1.807, 2.05) is 30.3 Å². The molecule has 0 aliphatic heterocycles. The number of rotatable bonds is 6. The molecule has 0 fully saturated rings. The molecule has 2 aromatic carbocycles. The molecule has 0 saturated heterocycles. The molecule has 0 saturated carbocycles. The van der Waals surface area contributed by atoms with E-state index in [1.165, 1.54) is 14.2 Å². The monoisotopic (exact) mass is 276 g/mol. The summed E-state index contributed by atoms with van der Waals surface area (Å²) in [5, 5.41) is 12.3. The summed E-state index contributed by atoms with van der Waals surface area (Å²) < 4.78 is 15.3. The smallest absolute Gasteiger partial charge is 0.183 e. The maximum absolute atomic E-state index is 10.0. The molecular weight excluding hydrogens is 256 g/mol. The van der Waals surface area contributed by atoms with Crippen LogP contribution in [0.4, 0.5) is 0 Å². The number of benzene rings is 2. The first-order chi connectivity index (χ1) is 9.67. The Balaban J connectivity index is 2.19. The van der Waals surface area contributed by atoms with Gasteiger partial charge >= 0.3 is 0 Å². The number of aliphatic hydroxyl groups is 1. The zero-order valence-electron chi connectivity index (χ0n) is 12.0. The van der Waals surface area contributed by atoms with Gasteiger partial charge < -0.3 is 19.3 Å². The van der Waals surface area contributed by atoms with Crippen LogP contribution < -0.4 is 4.74 Å². The van der Waals surface area contributed by atoms with Crippen molar-refractivity contribution >= 4 is 10.8 Å². The molecule has 0 heterocycles. The van der Waals surface area contributed by atoms with Crippen molar-refractivity contribution in [1.29, 1.82) is 0 Å². The SMILES string of the molecule is COc1ccc2cc(C[C@H](O)C(OC)OC)ccc2c1. The fraction of sp³-hybridized carbons (Fsp3) is 0.375. The average Bonchev–Trinajstić information content (AvgIpc) is 2.48. The van der Waals surface area contributed by atoms with Gasteiger partial charge in [-0.2, -0.15) is 0 Å². The van der Waals surface area contributed by atoms with Crippen LogP contribution >= 0.6 is 0 Å². The van der Waals surface area contributed by atoms with Gasteiger partial charge in [0, 0.05) is 20.6 Å². The minimum absolute atomic E-state index is 0.480. The van der Waals surface area contributed by atoms with Gasteiger partial charge in [0.15, 0.2) is 6.29 Å². The summed E-state index contributed by atoms with van der Waals surface area (Å²) >= 11 is 0. The van der Waals surface area contributed by atoms with Gasteiger partial charge in [0.1, 0.15) is 11.9 Å². The Bertz CT molecular complexity index is 563. The molecule has 0 spiro atoms. The van der Waals surface area contributed by atoms with Crippen LogP contribution in [0.2, 0.25) is 0 Å². The molecular formula is C16H20O4. The molecule has 2 aromatic rings. The average molecular weight is 276 g/mol. The lowest BCUT2D eigenvalue weighted by Crippen LogP contribution is -2.31. The quantitative estimate of drug-likeness (QED) is 0.823. The lowest BCUT2D eigenvalue weighted by atomic mass is 10.0. The molecule has 4 nitrogen and oxygen atoms in total. The number of hydrogen-bond donors (Lipinski definition) is 1. The third-order valence-corrected chi connectivity index (χ3v) is 3.34. The number of hydrogen-bond acceptors (Lipinski definition) is 4. The molecule has 108 valence electrons. The highest BCUT2D eigenvalue weighted by molar-refractivity contribution is 5.84. The number of methoxy groups -OCH3 is 3. The van der Waals surface area contributed by atoms with Crippen LogP contribution in [0.1, 0.15) is 5.56 Å². The second-order valence-electron chi connectivity index (χ2n) is 4.66. The maximum atomic E-state index is 10.0. The molecule has 2 rings (SSSR count). The first kappa shape index (κ1) is 14.8. The van der Waals surface area contributed by atoms with Gasteiger partial charge in [0.2, 0.25) is 0 Å². The highest BCUT2D eigenvalue weighted by Gasteiger charge is 2.18. The van der Waals surface area contributed by atoms with E-state index in [4.69, 9.17) is 14.2 Å². The molecule has 0 bridgehead atoms. The molecule has 1 N–H and O–H groups in total. The number of ether oxygens (including phenoxy) is 3. The van der Waals surface area contributed by atoms with Crippen LogP contribution in [0.5, 0.6) is 5.75 Å². The minimum atomic E-state index is -0.694. The predicted molar refractivity (Wildman–Crippen MR) is 78.0 cm³/mol. The van der Waals surface area contributed by atoms with E-state index in [1.54, 1.807) is 7.11 Å². The van der Waals surface area contributed by atoms with Crippen LogP contribution in [0.25, 0.3) is 10.8 Å². The summed E-state index contributed by atoms with van der Waals surface area (Å²) in [6.07, 6.45) is -0.823. The Labute approximate surface area is 118 Å². The Hall–Kier alpha value is -1.62. The Morgan fingerprint density at radius 1 is 0.950 bits per heavy atom. The molecule has 20 heavy (non-hydrogen) atoms. The second-order valence-corrected chi connectivity index (χ2v) is 4.66. The van der Waals surface area contributed by atoms with Crippen molar-refractivity contribution in [3.63, 3.8) is 0 Å². The van der Waals surface area contributed by atoms with E-state index in [0.717, 1.165) is 22.1 Å². The lowest BCUT2D eigenvalue weighted by molar-refractivity contribution is -0.163. The van der Waals surface area contributed by atoms with Gasteiger partial charge in [-0.1, -0.05) is 24.3 Å². The van der Waals surface area contributed by atoms with Gasteiger partial charge in [0.25, 0.3) is 0 Å². The van der Waals surface area contributed by atoms with Crippen LogP contribution in [0.15, 0.2) is 36.4 Å². The molecule has 0 unspecified atom stereocenters. The number of fused-ring (bicyclic) bond motifs is 1. The minimum Gasteiger partial charge on any atom is -0.497 e. The van der Waals surface area contributed by atoms with E-state index in [0.29, 0.717) is 6.42 Å². The van der Waals surface area contributed by atoms with E-state index < -0.39 is 12.4 Å². The Kier molecular flexibility index (Phi) is 4.95. The maximum Gasteiger partial charge on any atom is 0.183 e. The third kappa shape index (κ3) is 3.28. The fourth-order valence-electron chi connectivity index (χ4n) is 2.28. The highest BCUT2D eigenvalue weighted by Crippen LogP contribution is 2.22. The summed E-state index contributed by atoms with van der Waals surface area (Å²) in [7, 11) is 4.69. The molecule has 4 heteroatoms. The lowest BCUT2D eigenvalue weighted by Gasteiger charge is -2.20. The summed E-state index contributed by atoms with van der Waals surface area (Å²) in [5.74, 6) is 0.837. The summed E-state index contributed by atoms with van der Waals surface area (Å²) in [4.78, 5) is 0. The van der Waals surface area contributed by atoms with Crippen molar-refractivity contribution in [3.8, 4) is 5.75 Å². The first-order valence-corrected chi connectivity index (χ1v) is 6.48. The van der Waals surface area contributed by atoms with Gasteiger partial charge in [-0.3, -0.25) is 0 Å². The van der Waals surface area contributed by atoms with Gasteiger partial charge in [-0.05, 0) is 28.5 Å². The molecule has 0 amide bonds. The van der Waals surface area contributed by atoms with Crippen LogP contribution in [0.3, 0.4) is 0 Å². The Morgan fingerprint density at radius 2 is 1.60 bits per heavy atom. The summed E-state index contributed by atoms with van der Waals surface area (Å²) in [6, 6.07) is 12.0. The predicted octanol–water partition coefficient (Wildman–Crippen LogP) is 2.37. The van der Waals surface area contributed by atoms with Crippen molar-refractivity contribution in [2.24, 2.45) is 0 Å². The van der Waals surface area contributed by atoms with Crippen molar-refractivity contribution in [2.45, 2.75) is 18.8 Å². The van der Waals surface area contributed by atoms with Crippen LogP contribution in [-0.2, 0) is 15.9 Å². The Morgan fingerprint density at radius 3 is 2.25 bits per heavy atom. The topological polar surface area (TPSA) is 47.9 Å². The van der Waals surface area contributed by atoms with Crippen molar-refractivity contribution in [1.82, 2.24) is 0 Å². The second kappa shape index (κ2) is 6.70. The first-order valence-electron chi connectivity index (χ1n) is 6.48. The summed E-state index contributed by atoms with van der Waals surface area (Å²) in [5.41, 5.74) is 1.04. The van der Waals surface area contributed by atoms with Gasteiger partial charge in [-0.15, -0.1) is 0 Å². The molecule has 0 aliphatic carbocycles. The standard InChI is InChI=1S/C16H20O4/c1-18-14-7-6-12-8-11(4-5-13(12)10-14)9-15(17)16(19-2)20-3/h4-8,10,15-17H,9H2,1-3H3/t15-/m0/s1. The van der Waals surface area contributed by atoms with E-state index in [2.05, 4.69) is 6.07 Å². The largest absolute Gasteiger partial charge is 0.497 e. The summed E-state index contributed by atoms with van der Waals surface area (Å²) in [6.45, 7) is 0. The van der Waals surface area contributed by atoms with Crippen LogP contribution in [0, 0.1) is 0 Å². The fourth-order valence-corrected chi connectivity index (χ4v) is 2.28. The van der Waals surface area contributed by atoms with E-state index >= 15 is 0 Å². The zero-order valence-corrected chi connectivity index (χ0v) is 12.0. The van der Waals surface area contributed by atoms with Gasteiger partial charge in [-0.25, -0.2) is 0 Å². The molecule has 1 atom stereocenters.